The number of rotatable bonds is 3. The number of halogens is 1. The van der Waals surface area contributed by atoms with Gasteiger partial charge in [0.1, 0.15) is 5.82 Å². The third kappa shape index (κ3) is 2.25. The first-order valence-corrected chi connectivity index (χ1v) is 5.21. The fourth-order valence-electron chi connectivity index (χ4n) is 1.69. The van der Waals surface area contributed by atoms with Crippen molar-refractivity contribution in [3.8, 4) is 11.3 Å². The minimum Gasteiger partial charge on any atom is -0.330 e. The van der Waals surface area contributed by atoms with Crippen LogP contribution in [0, 0.1) is 5.82 Å². The molecular weight excluding hydrogens is 203 g/mol. The zero-order chi connectivity index (χ0) is 11.4. The molecule has 16 heavy (non-hydrogen) atoms. The van der Waals surface area contributed by atoms with Gasteiger partial charge in [-0.15, -0.1) is 0 Å². The van der Waals surface area contributed by atoms with E-state index in [1.54, 1.807) is 12.3 Å². The standard InChI is InChI=1S/C13H13FN2/c14-12-5-1-3-11(9-12)13-10(6-7-15)4-2-8-16-13/h1-5,8-9H,6-7,15H2. The van der Waals surface area contributed by atoms with Crippen LogP contribution in [0.3, 0.4) is 0 Å². The Balaban J connectivity index is 2.46. The largest absolute Gasteiger partial charge is 0.330 e. The predicted octanol–water partition coefficient (Wildman–Crippen LogP) is 2.39. The van der Waals surface area contributed by atoms with Crippen LogP contribution in [0.15, 0.2) is 42.6 Å². The van der Waals surface area contributed by atoms with Crippen molar-refractivity contribution in [1.29, 1.82) is 0 Å². The molecule has 0 bridgehead atoms. The van der Waals surface area contributed by atoms with Crippen molar-refractivity contribution in [3.05, 3.63) is 54.0 Å². The molecule has 0 amide bonds. The first kappa shape index (κ1) is 10.8. The molecule has 2 rings (SSSR count). The fraction of sp³-hybridized carbons (Fsp3) is 0.154. The molecule has 0 saturated heterocycles. The highest BCUT2D eigenvalue weighted by Crippen LogP contribution is 2.21. The molecule has 2 nitrogen and oxygen atoms in total. The number of aromatic nitrogens is 1. The van der Waals surface area contributed by atoms with Gasteiger partial charge in [0.05, 0.1) is 5.69 Å². The Bertz CT molecular complexity index is 483. The van der Waals surface area contributed by atoms with Crippen molar-refractivity contribution in [2.75, 3.05) is 6.54 Å². The van der Waals surface area contributed by atoms with Gasteiger partial charge in [-0.05, 0) is 36.7 Å². The van der Waals surface area contributed by atoms with Gasteiger partial charge in [0, 0.05) is 11.8 Å². The lowest BCUT2D eigenvalue weighted by molar-refractivity contribution is 0.628. The number of hydrogen-bond donors (Lipinski definition) is 1. The maximum Gasteiger partial charge on any atom is 0.123 e. The second-order valence-corrected chi connectivity index (χ2v) is 3.56. The van der Waals surface area contributed by atoms with Gasteiger partial charge >= 0.3 is 0 Å². The summed E-state index contributed by atoms with van der Waals surface area (Å²) in [7, 11) is 0. The van der Waals surface area contributed by atoms with Gasteiger partial charge in [-0.25, -0.2) is 4.39 Å². The molecule has 3 heteroatoms. The van der Waals surface area contributed by atoms with Crippen LogP contribution < -0.4 is 5.73 Å². The molecule has 2 aromatic rings. The average molecular weight is 216 g/mol. The molecule has 0 saturated carbocycles. The van der Waals surface area contributed by atoms with Crippen molar-refractivity contribution in [1.82, 2.24) is 4.98 Å². The van der Waals surface area contributed by atoms with Crippen molar-refractivity contribution in [3.63, 3.8) is 0 Å². The van der Waals surface area contributed by atoms with Crippen LogP contribution in [0.1, 0.15) is 5.56 Å². The lowest BCUT2D eigenvalue weighted by Gasteiger charge is -2.07. The quantitative estimate of drug-likeness (QED) is 0.855. The summed E-state index contributed by atoms with van der Waals surface area (Å²) in [5, 5.41) is 0. The first-order valence-electron chi connectivity index (χ1n) is 5.21. The fourth-order valence-corrected chi connectivity index (χ4v) is 1.69. The highest BCUT2D eigenvalue weighted by Gasteiger charge is 2.05. The van der Waals surface area contributed by atoms with Crippen molar-refractivity contribution in [2.24, 2.45) is 5.73 Å². The molecule has 1 heterocycles. The van der Waals surface area contributed by atoms with E-state index in [-0.39, 0.29) is 5.82 Å². The summed E-state index contributed by atoms with van der Waals surface area (Å²) in [5.74, 6) is -0.248. The lowest BCUT2D eigenvalue weighted by atomic mass is 10.0. The maximum absolute atomic E-state index is 13.1. The van der Waals surface area contributed by atoms with E-state index in [0.717, 1.165) is 23.2 Å². The van der Waals surface area contributed by atoms with Crippen LogP contribution in [0.4, 0.5) is 4.39 Å². The Morgan fingerprint density at radius 1 is 1.19 bits per heavy atom. The predicted molar refractivity (Wildman–Crippen MR) is 62.4 cm³/mol. The Labute approximate surface area is 93.9 Å². The van der Waals surface area contributed by atoms with Gasteiger partial charge in [-0.3, -0.25) is 4.98 Å². The summed E-state index contributed by atoms with van der Waals surface area (Å²) in [6, 6.07) is 10.3. The topological polar surface area (TPSA) is 38.9 Å². The van der Waals surface area contributed by atoms with Crippen molar-refractivity contribution >= 4 is 0 Å². The van der Waals surface area contributed by atoms with E-state index in [9.17, 15) is 4.39 Å². The maximum atomic E-state index is 13.1. The number of nitrogens with two attached hydrogens (primary N) is 1. The molecule has 1 aromatic carbocycles. The van der Waals surface area contributed by atoms with Crippen LogP contribution in [-0.2, 0) is 6.42 Å². The number of nitrogens with zero attached hydrogens (tertiary/aromatic N) is 1. The summed E-state index contributed by atoms with van der Waals surface area (Å²) in [6.45, 7) is 0.564. The van der Waals surface area contributed by atoms with Crippen LogP contribution in [-0.4, -0.2) is 11.5 Å². The van der Waals surface area contributed by atoms with Gasteiger partial charge in [0.2, 0.25) is 0 Å². The van der Waals surface area contributed by atoms with E-state index in [1.165, 1.54) is 12.1 Å². The third-order valence-electron chi connectivity index (χ3n) is 2.40. The molecule has 1 aromatic heterocycles. The molecule has 82 valence electrons. The van der Waals surface area contributed by atoms with E-state index in [2.05, 4.69) is 4.98 Å². The van der Waals surface area contributed by atoms with Gasteiger partial charge in [0.25, 0.3) is 0 Å². The van der Waals surface area contributed by atoms with E-state index >= 15 is 0 Å². The van der Waals surface area contributed by atoms with E-state index in [4.69, 9.17) is 5.73 Å². The molecule has 0 atom stereocenters. The van der Waals surface area contributed by atoms with Crippen molar-refractivity contribution < 1.29 is 4.39 Å². The summed E-state index contributed by atoms with van der Waals surface area (Å²) in [4.78, 5) is 4.29. The first-order chi connectivity index (χ1) is 7.81. The molecule has 0 aliphatic carbocycles. The Hall–Kier alpha value is -1.74. The number of benzene rings is 1. The normalized spacial score (nSPS) is 10.4. The highest BCUT2D eigenvalue weighted by atomic mass is 19.1. The Kier molecular flexibility index (Phi) is 3.27. The summed E-state index contributed by atoms with van der Waals surface area (Å²) in [6.07, 6.45) is 2.46. The third-order valence-corrected chi connectivity index (χ3v) is 2.40. The van der Waals surface area contributed by atoms with Crippen LogP contribution in [0.25, 0.3) is 11.3 Å². The van der Waals surface area contributed by atoms with Crippen molar-refractivity contribution in [2.45, 2.75) is 6.42 Å². The lowest BCUT2D eigenvalue weighted by Crippen LogP contribution is -2.04. The number of hydrogen-bond acceptors (Lipinski definition) is 2. The van der Waals surface area contributed by atoms with Gasteiger partial charge in [-0.1, -0.05) is 18.2 Å². The zero-order valence-electron chi connectivity index (χ0n) is 8.86. The monoisotopic (exact) mass is 216 g/mol. The van der Waals surface area contributed by atoms with Crippen LogP contribution >= 0.6 is 0 Å². The minimum absolute atomic E-state index is 0.248. The van der Waals surface area contributed by atoms with E-state index in [1.807, 2.05) is 18.2 Å². The van der Waals surface area contributed by atoms with E-state index < -0.39 is 0 Å². The molecule has 0 aliphatic rings. The molecule has 0 aliphatic heterocycles. The second kappa shape index (κ2) is 4.86. The zero-order valence-corrected chi connectivity index (χ0v) is 8.86. The van der Waals surface area contributed by atoms with Gasteiger partial charge in [0.15, 0.2) is 0 Å². The summed E-state index contributed by atoms with van der Waals surface area (Å²) in [5.41, 5.74) is 8.19. The highest BCUT2D eigenvalue weighted by molar-refractivity contribution is 5.62. The summed E-state index contributed by atoms with van der Waals surface area (Å²) < 4.78 is 13.1. The summed E-state index contributed by atoms with van der Waals surface area (Å²) >= 11 is 0. The second-order valence-electron chi connectivity index (χ2n) is 3.56. The van der Waals surface area contributed by atoms with Crippen LogP contribution in [0.5, 0.6) is 0 Å². The average Bonchev–Trinajstić information content (AvgIpc) is 2.30. The molecule has 0 fully saturated rings. The number of pyridine rings is 1. The Morgan fingerprint density at radius 2 is 2.06 bits per heavy atom. The molecule has 0 radical (unpaired) electrons. The van der Waals surface area contributed by atoms with E-state index in [0.29, 0.717) is 6.54 Å². The molecular formula is C13H13FN2. The molecule has 0 unspecified atom stereocenters. The smallest absolute Gasteiger partial charge is 0.123 e. The minimum atomic E-state index is -0.248. The molecule has 0 spiro atoms. The molecule has 2 N–H and O–H groups in total. The van der Waals surface area contributed by atoms with Gasteiger partial charge in [-0.2, -0.15) is 0 Å². The van der Waals surface area contributed by atoms with Gasteiger partial charge < -0.3 is 5.73 Å². The van der Waals surface area contributed by atoms with Crippen LogP contribution in [0.2, 0.25) is 0 Å². The SMILES string of the molecule is NCCc1cccnc1-c1cccc(F)c1. The Morgan fingerprint density at radius 3 is 2.81 bits per heavy atom.